The molecule has 136 valence electrons. The first-order valence-corrected chi connectivity index (χ1v) is 9.10. The molecule has 0 saturated heterocycles. The Hall–Kier alpha value is -2.67. The van der Waals surface area contributed by atoms with Crippen LogP contribution in [0, 0.1) is 13.8 Å². The number of amides is 1. The van der Waals surface area contributed by atoms with Gasteiger partial charge in [0.1, 0.15) is 5.00 Å². The van der Waals surface area contributed by atoms with Gasteiger partial charge in [0.05, 0.1) is 17.7 Å². The van der Waals surface area contributed by atoms with Crippen LogP contribution in [0.4, 0.5) is 5.00 Å². The number of aryl methyl sites for hydroxylation is 1. The van der Waals surface area contributed by atoms with Crippen LogP contribution in [0.25, 0.3) is 0 Å². The number of fused-ring (bicyclic) bond motifs is 1. The molecule has 0 radical (unpaired) electrons. The number of thiophene rings is 1. The van der Waals surface area contributed by atoms with Gasteiger partial charge in [-0.3, -0.25) is 4.79 Å². The van der Waals surface area contributed by atoms with E-state index in [1.807, 2.05) is 19.9 Å². The van der Waals surface area contributed by atoms with E-state index in [9.17, 15) is 14.4 Å². The zero-order chi connectivity index (χ0) is 18.8. The molecular formula is C19H19NO5S. The number of ether oxygens (including phenoxy) is 2. The highest BCUT2D eigenvalue weighted by atomic mass is 32.1. The van der Waals surface area contributed by atoms with Crippen LogP contribution in [0.5, 0.6) is 0 Å². The van der Waals surface area contributed by atoms with E-state index in [1.54, 1.807) is 25.1 Å². The number of anilines is 1. The Morgan fingerprint density at radius 2 is 2.04 bits per heavy atom. The lowest BCUT2D eigenvalue weighted by Gasteiger charge is -2.23. The van der Waals surface area contributed by atoms with Gasteiger partial charge in [-0.25, -0.2) is 9.59 Å². The summed E-state index contributed by atoms with van der Waals surface area (Å²) in [6, 6.07) is 7.05. The van der Waals surface area contributed by atoms with Gasteiger partial charge in [0.15, 0.2) is 6.10 Å². The minimum absolute atomic E-state index is 0.248. The smallest absolute Gasteiger partial charge is 0.341 e. The Morgan fingerprint density at radius 3 is 2.77 bits per heavy atom. The van der Waals surface area contributed by atoms with Crippen molar-refractivity contribution < 1.29 is 23.9 Å². The fourth-order valence-electron chi connectivity index (χ4n) is 2.83. The molecule has 3 rings (SSSR count). The molecule has 2 heterocycles. The molecule has 0 saturated carbocycles. The largest absolute Gasteiger partial charge is 0.462 e. The predicted octanol–water partition coefficient (Wildman–Crippen LogP) is 3.26. The molecule has 6 nitrogen and oxygen atoms in total. The van der Waals surface area contributed by atoms with Gasteiger partial charge >= 0.3 is 11.9 Å². The second-order valence-corrected chi connectivity index (χ2v) is 7.18. The molecule has 7 heteroatoms. The van der Waals surface area contributed by atoms with E-state index in [2.05, 4.69) is 5.32 Å². The average Bonchev–Trinajstić information content (AvgIpc) is 2.89. The van der Waals surface area contributed by atoms with Crippen molar-refractivity contribution in [2.24, 2.45) is 0 Å². The summed E-state index contributed by atoms with van der Waals surface area (Å²) < 4.78 is 10.4. The minimum atomic E-state index is -0.935. The maximum absolute atomic E-state index is 12.6. The van der Waals surface area contributed by atoms with E-state index in [4.69, 9.17) is 9.47 Å². The zero-order valence-corrected chi connectivity index (χ0v) is 15.6. The van der Waals surface area contributed by atoms with Crippen LogP contribution >= 0.6 is 11.3 Å². The zero-order valence-electron chi connectivity index (χ0n) is 14.8. The molecule has 1 aromatic carbocycles. The second kappa shape index (κ2) is 7.29. The van der Waals surface area contributed by atoms with Crippen molar-refractivity contribution in [1.82, 2.24) is 0 Å². The van der Waals surface area contributed by atoms with Gasteiger partial charge in [-0.1, -0.05) is 18.2 Å². The molecule has 26 heavy (non-hydrogen) atoms. The van der Waals surface area contributed by atoms with Crippen LogP contribution in [0.3, 0.4) is 0 Å². The van der Waals surface area contributed by atoms with Gasteiger partial charge in [-0.05, 0) is 38.0 Å². The van der Waals surface area contributed by atoms with Crippen molar-refractivity contribution in [2.45, 2.75) is 33.3 Å². The van der Waals surface area contributed by atoms with Crippen molar-refractivity contribution in [3.63, 3.8) is 0 Å². The molecule has 2 aromatic rings. The molecule has 1 aliphatic rings. The first-order chi connectivity index (χ1) is 12.4. The van der Waals surface area contributed by atoms with E-state index in [0.29, 0.717) is 22.5 Å². The van der Waals surface area contributed by atoms with Gasteiger partial charge < -0.3 is 14.8 Å². The highest BCUT2D eigenvalue weighted by Crippen LogP contribution is 2.33. The molecule has 1 N–H and O–H groups in total. The SMILES string of the molecule is CCOC(=O)c1c(NC(=O)[C@@H]2Cc3ccccc3C(=O)O2)sc(C)c1C. The molecule has 1 aromatic heterocycles. The van der Waals surface area contributed by atoms with Crippen molar-refractivity contribution in [2.75, 3.05) is 11.9 Å². The van der Waals surface area contributed by atoms with Gasteiger partial charge in [0, 0.05) is 11.3 Å². The number of carbonyl (C=O) groups is 3. The second-order valence-electron chi connectivity index (χ2n) is 5.95. The number of rotatable bonds is 4. The first-order valence-electron chi connectivity index (χ1n) is 8.29. The monoisotopic (exact) mass is 373 g/mol. The molecule has 1 atom stereocenters. The number of carbonyl (C=O) groups excluding carboxylic acids is 3. The van der Waals surface area contributed by atoms with Gasteiger partial charge in [-0.2, -0.15) is 0 Å². The third-order valence-electron chi connectivity index (χ3n) is 4.29. The van der Waals surface area contributed by atoms with Crippen LogP contribution in [0.15, 0.2) is 24.3 Å². The quantitative estimate of drug-likeness (QED) is 0.832. The average molecular weight is 373 g/mol. The van der Waals surface area contributed by atoms with Crippen LogP contribution < -0.4 is 5.32 Å². The maximum atomic E-state index is 12.6. The summed E-state index contributed by atoms with van der Waals surface area (Å²) >= 11 is 1.30. The number of hydrogen-bond donors (Lipinski definition) is 1. The minimum Gasteiger partial charge on any atom is -0.462 e. The third-order valence-corrected chi connectivity index (χ3v) is 5.41. The van der Waals surface area contributed by atoms with E-state index in [0.717, 1.165) is 16.0 Å². The van der Waals surface area contributed by atoms with Gasteiger partial charge in [-0.15, -0.1) is 11.3 Å². The van der Waals surface area contributed by atoms with Crippen molar-refractivity contribution >= 4 is 34.2 Å². The number of benzene rings is 1. The number of esters is 2. The third kappa shape index (κ3) is 3.35. The van der Waals surface area contributed by atoms with Crippen molar-refractivity contribution in [3.8, 4) is 0 Å². The molecule has 0 bridgehead atoms. The summed E-state index contributed by atoms with van der Waals surface area (Å²) in [7, 11) is 0. The highest BCUT2D eigenvalue weighted by Gasteiger charge is 2.32. The fraction of sp³-hybridized carbons (Fsp3) is 0.316. The normalized spacial score (nSPS) is 15.8. The molecule has 0 unspecified atom stereocenters. The lowest BCUT2D eigenvalue weighted by atomic mass is 9.98. The molecule has 0 aliphatic carbocycles. The summed E-state index contributed by atoms with van der Waals surface area (Å²) in [6.45, 7) is 5.65. The maximum Gasteiger partial charge on any atom is 0.341 e. The predicted molar refractivity (Wildman–Crippen MR) is 97.7 cm³/mol. The Morgan fingerprint density at radius 1 is 1.31 bits per heavy atom. The van der Waals surface area contributed by atoms with Crippen LogP contribution in [0.2, 0.25) is 0 Å². The Labute approximate surface area is 155 Å². The Balaban J connectivity index is 1.82. The van der Waals surface area contributed by atoms with E-state index in [1.165, 1.54) is 11.3 Å². The van der Waals surface area contributed by atoms with Crippen LogP contribution in [-0.2, 0) is 20.7 Å². The Bertz CT molecular complexity index is 886. The van der Waals surface area contributed by atoms with Gasteiger partial charge in [0.25, 0.3) is 5.91 Å². The van der Waals surface area contributed by atoms with Crippen molar-refractivity contribution in [1.29, 1.82) is 0 Å². The van der Waals surface area contributed by atoms with Crippen molar-refractivity contribution in [3.05, 3.63) is 51.4 Å². The lowest BCUT2D eigenvalue weighted by molar-refractivity contribution is -0.125. The topological polar surface area (TPSA) is 81.7 Å². The van der Waals surface area contributed by atoms with Crippen LogP contribution in [0.1, 0.15) is 43.6 Å². The molecule has 1 amide bonds. The first kappa shape index (κ1) is 18.1. The number of nitrogens with one attached hydrogen (secondary N) is 1. The van der Waals surface area contributed by atoms with Crippen LogP contribution in [-0.4, -0.2) is 30.6 Å². The fourth-order valence-corrected chi connectivity index (χ4v) is 3.89. The summed E-state index contributed by atoms with van der Waals surface area (Å²) in [4.78, 5) is 37.9. The molecule has 0 fully saturated rings. The summed E-state index contributed by atoms with van der Waals surface area (Å²) in [5, 5.41) is 3.15. The number of cyclic esters (lactones) is 1. The standard InChI is InChI=1S/C19H19NO5S/c1-4-24-19(23)15-10(2)11(3)26-17(15)20-16(21)14-9-12-7-5-6-8-13(12)18(22)25-14/h5-8,14H,4,9H2,1-3H3,(H,20,21)/t14-/m0/s1. The highest BCUT2D eigenvalue weighted by molar-refractivity contribution is 7.16. The molecule has 1 aliphatic heterocycles. The molecular weight excluding hydrogens is 354 g/mol. The summed E-state index contributed by atoms with van der Waals surface area (Å²) in [5.41, 5.74) is 2.37. The van der Waals surface area contributed by atoms with E-state index >= 15 is 0 Å². The van der Waals surface area contributed by atoms with E-state index < -0.39 is 23.9 Å². The van der Waals surface area contributed by atoms with E-state index in [-0.39, 0.29) is 6.61 Å². The van der Waals surface area contributed by atoms with Gasteiger partial charge in [0.2, 0.25) is 0 Å². The lowest BCUT2D eigenvalue weighted by Crippen LogP contribution is -2.38. The Kier molecular flexibility index (Phi) is 5.08. The summed E-state index contributed by atoms with van der Waals surface area (Å²) in [6.07, 6.45) is -0.638. The number of hydrogen-bond acceptors (Lipinski definition) is 6. The summed E-state index contributed by atoms with van der Waals surface area (Å²) in [5.74, 6) is -1.45. The molecule has 0 spiro atoms.